The average Bonchev–Trinajstić information content (AvgIpc) is 2.66. The second-order valence-corrected chi connectivity index (χ2v) is 7.39. The van der Waals surface area contributed by atoms with Crippen LogP contribution < -0.4 is 22.1 Å². The van der Waals surface area contributed by atoms with E-state index in [0.717, 1.165) is 6.42 Å². The van der Waals surface area contributed by atoms with Gasteiger partial charge in [-0.2, -0.15) is 0 Å². The number of aliphatic carboxylic acids is 1. The van der Waals surface area contributed by atoms with Crippen molar-refractivity contribution in [1.82, 2.24) is 10.6 Å². The maximum Gasteiger partial charge on any atom is 0.326 e. The molecule has 162 valence electrons. The minimum absolute atomic E-state index is 0.0404. The van der Waals surface area contributed by atoms with Crippen LogP contribution >= 0.6 is 0 Å². The first kappa shape index (κ1) is 24.4. The van der Waals surface area contributed by atoms with Crippen molar-refractivity contribution in [2.45, 2.75) is 57.7 Å². The molecule has 3 unspecified atom stereocenters. The molecule has 0 aliphatic carbocycles. The third kappa shape index (κ3) is 8.49. The van der Waals surface area contributed by atoms with Crippen molar-refractivity contribution in [3.63, 3.8) is 0 Å². The number of carbonyl (C=O) groups excluding carboxylic acids is 2. The molecule has 0 spiro atoms. The Kier molecular flexibility index (Phi) is 10.1. The SMILES string of the molecule is CC(C)C(NC(=O)C(N)CCCCN)C(=O)NC(Cc1ccc(O)cc1)C(=O)O. The van der Waals surface area contributed by atoms with E-state index in [2.05, 4.69) is 10.6 Å². The van der Waals surface area contributed by atoms with Crippen molar-refractivity contribution in [2.24, 2.45) is 17.4 Å². The fourth-order valence-electron chi connectivity index (χ4n) is 2.76. The molecule has 0 aromatic heterocycles. The molecule has 0 fully saturated rings. The molecule has 0 aliphatic heterocycles. The highest BCUT2D eigenvalue weighted by molar-refractivity contribution is 5.92. The zero-order valence-corrected chi connectivity index (χ0v) is 16.9. The Balaban J connectivity index is 2.76. The number of hydrogen-bond donors (Lipinski definition) is 6. The molecule has 1 aromatic carbocycles. The largest absolute Gasteiger partial charge is 0.508 e. The molecule has 0 bridgehead atoms. The number of aromatic hydroxyl groups is 1. The molecule has 0 aliphatic rings. The van der Waals surface area contributed by atoms with Crippen LogP contribution in [-0.4, -0.2) is 52.7 Å². The third-order valence-electron chi connectivity index (χ3n) is 4.54. The average molecular weight is 408 g/mol. The van der Waals surface area contributed by atoms with Crippen molar-refractivity contribution >= 4 is 17.8 Å². The Labute approximate surface area is 170 Å². The summed E-state index contributed by atoms with van der Waals surface area (Å²) in [6.07, 6.45) is 1.96. The minimum Gasteiger partial charge on any atom is -0.508 e. The van der Waals surface area contributed by atoms with Gasteiger partial charge in [-0.15, -0.1) is 0 Å². The molecule has 1 rings (SSSR count). The second kappa shape index (κ2) is 12.0. The van der Waals surface area contributed by atoms with Crippen molar-refractivity contribution in [3.05, 3.63) is 29.8 Å². The maximum absolute atomic E-state index is 12.7. The van der Waals surface area contributed by atoms with Gasteiger partial charge in [-0.25, -0.2) is 4.79 Å². The molecule has 9 nitrogen and oxygen atoms in total. The van der Waals surface area contributed by atoms with Crippen molar-refractivity contribution < 1.29 is 24.6 Å². The third-order valence-corrected chi connectivity index (χ3v) is 4.54. The standard InChI is InChI=1S/C20H32N4O5/c1-12(2)17(24-18(26)15(22)5-3-4-10-21)19(27)23-16(20(28)29)11-13-6-8-14(25)9-7-13/h6-9,12,15-17,25H,3-5,10-11,21-22H2,1-2H3,(H,23,27)(H,24,26)(H,28,29). The quantitative estimate of drug-likeness (QED) is 0.267. The zero-order valence-electron chi connectivity index (χ0n) is 16.9. The van der Waals surface area contributed by atoms with E-state index < -0.39 is 35.9 Å². The van der Waals surface area contributed by atoms with Gasteiger partial charge in [0.05, 0.1) is 6.04 Å². The summed E-state index contributed by atoms with van der Waals surface area (Å²) in [7, 11) is 0. The van der Waals surface area contributed by atoms with Crippen LogP contribution in [0.4, 0.5) is 0 Å². The summed E-state index contributed by atoms with van der Waals surface area (Å²) in [6.45, 7) is 4.02. The number of phenols is 1. The zero-order chi connectivity index (χ0) is 22.0. The monoisotopic (exact) mass is 408 g/mol. The number of phenolic OH excluding ortho intramolecular Hbond substituents is 1. The number of carboxylic acids is 1. The fourth-order valence-corrected chi connectivity index (χ4v) is 2.76. The van der Waals surface area contributed by atoms with E-state index in [4.69, 9.17) is 11.5 Å². The van der Waals surface area contributed by atoms with Crippen LogP contribution in [0, 0.1) is 5.92 Å². The molecule has 3 atom stereocenters. The molecule has 29 heavy (non-hydrogen) atoms. The van der Waals surface area contributed by atoms with Gasteiger partial charge < -0.3 is 32.3 Å². The predicted octanol–water partition coefficient (Wildman–Crippen LogP) is 0.101. The number of benzene rings is 1. The maximum atomic E-state index is 12.7. The Morgan fingerprint density at radius 1 is 1.03 bits per heavy atom. The molecule has 0 heterocycles. The highest BCUT2D eigenvalue weighted by atomic mass is 16.4. The van der Waals surface area contributed by atoms with Crippen LogP contribution in [0.3, 0.4) is 0 Å². The molecule has 9 heteroatoms. The van der Waals surface area contributed by atoms with Crippen LogP contribution in [0.2, 0.25) is 0 Å². The first-order valence-electron chi connectivity index (χ1n) is 9.72. The van der Waals surface area contributed by atoms with Crippen LogP contribution in [0.15, 0.2) is 24.3 Å². The Hall–Kier alpha value is -2.65. The highest BCUT2D eigenvalue weighted by Gasteiger charge is 2.30. The lowest BCUT2D eigenvalue weighted by Crippen LogP contribution is -2.56. The van der Waals surface area contributed by atoms with Gasteiger partial charge in [0.15, 0.2) is 0 Å². The van der Waals surface area contributed by atoms with Crippen LogP contribution in [-0.2, 0) is 20.8 Å². The number of carboxylic acid groups (broad SMARTS) is 1. The molecule has 0 saturated carbocycles. The molecular formula is C20H32N4O5. The predicted molar refractivity (Wildman–Crippen MR) is 109 cm³/mol. The topological polar surface area (TPSA) is 168 Å². The minimum atomic E-state index is -1.20. The smallest absolute Gasteiger partial charge is 0.326 e. The van der Waals surface area contributed by atoms with Crippen molar-refractivity contribution in [3.8, 4) is 5.75 Å². The number of amides is 2. The summed E-state index contributed by atoms with van der Waals surface area (Å²) in [5.74, 6) is -2.44. The van der Waals surface area contributed by atoms with Crippen LogP contribution in [0.25, 0.3) is 0 Å². The van der Waals surface area contributed by atoms with E-state index in [1.54, 1.807) is 26.0 Å². The number of unbranched alkanes of at least 4 members (excludes halogenated alkanes) is 1. The van der Waals surface area contributed by atoms with Gasteiger partial charge in [0.25, 0.3) is 0 Å². The van der Waals surface area contributed by atoms with Crippen molar-refractivity contribution in [1.29, 1.82) is 0 Å². The van der Waals surface area contributed by atoms with Gasteiger partial charge in [0.1, 0.15) is 17.8 Å². The summed E-state index contributed by atoms with van der Waals surface area (Å²) in [4.78, 5) is 36.6. The molecule has 8 N–H and O–H groups in total. The molecule has 0 saturated heterocycles. The molecule has 0 radical (unpaired) electrons. The van der Waals surface area contributed by atoms with E-state index in [9.17, 15) is 24.6 Å². The van der Waals surface area contributed by atoms with Crippen LogP contribution in [0.5, 0.6) is 5.75 Å². The van der Waals surface area contributed by atoms with Gasteiger partial charge in [-0.3, -0.25) is 9.59 Å². The summed E-state index contributed by atoms with van der Waals surface area (Å²) in [6, 6.07) is 3.20. The lowest BCUT2D eigenvalue weighted by atomic mass is 10.0. The van der Waals surface area contributed by atoms with E-state index in [0.29, 0.717) is 24.9 Å². The number of nitrogens with one attached hydrogen (secondary N) is 2. The Morgan fingerprint density at radius 3 is 2.17 bits per heavy atom. The van der Waals surface area contributed by atoms with E-state index in [-0.39, 0.29) is 18.1 Å². The van der Waals surface area contributed by atoms with Gasteiger partial charge in [0, 0.05) is 6.42 Å². The fraction of sp³-hybridized carbons (Fsp3) is 0.550. The molecule has 1 aromatic rings. The summed E-state index contributed by atoms with van der Waals surface area (Å²) in [5.41, 5.74) is 11.9. The lowest BCUT2D eigenvalue weighted by molar-refractivity contribution is -0.142. The van der Waals surface area contributed by atoms with Gasteiger partial charge in [0.2, 0.25) is 11.8 Å². The van der Waals surface area contributed by atoms with Gasteiger partial charge in [-0.05, 0) is 43.0 Å². The first-order chi connectivity index (χ1) is 13.6. The number of carbonyl (C=O) groups is 3. The van der Waals surface area contributed by atoms with Crippen LogP contribution in [0.1, 0.15) is 38.7 Å². The van der Waals surface area contributed by atoms with Gasteiger partial charge in [-0.1, -0.05) is 32.4 Å². The van der Waals surface area contributed by atoms with E-state index >= 15 is 0 Å². The lowest BCUT2D eigenvalue weighted by Gasteiger charge is -2.25. The molecule has 2 amide bonds. The normalized spacial score (nSPS) is 14.1. The number of rotatable bonds is 12. The number of nitrogens with two attached hydrogens (primary N) is 2. The Bertz CT molecular complexity index is 678. The van der Waals surface area contributed by atoms with Crippen molar-refractivity contribution in [2.75, 3.05) is 6.54 Å². The first-order valence-corrected chi connectivity index (χ1v) is 9.72. The van der Waals surface area contributed by atoms with E-state index in [1.165, 1.54) is 12.1 Å². The summed E-state index contributed by atoms with van der Waals surface area (Å²) >= 11 is 0. The second-order valence-electron chi connectivity index (χ2n) is 7.39. The number of hydrogen-bond acceptors (Lipinski definition) is 6. The summed E-state index contributed by atoms with van der Waals surface area (Å²) < 4.78 is 0. The summed E-state index contributed by atoms with van der Waals surface area (Å²) in [5, 5.41) is 23.9. The Morgan fingerprint density at radius 2 is 1.66 bits per heavy atom. The van der Waals surface area contributed by atoms with E-state index in [1.807, 2.05) is 0 Å². The highest BCUT2D eigenvalue weighted by Crippen LogP contribution is 2.12. The molecular weight excluding hydrogens is 376 g/mol. The van der Waals surface area contributed by atoms with Gasteiger partial charge >= 0.3 is 5.97 Å².